The average molecular weight is 401 g/mol. The quantitative estimate of drug-likeness (QED) is 0.490. The predicted molar refractivity (Wildman–Crippen MR) is 101 cm³/mol. The van der Waals surface area contributed by atoms with Crippen LogP contribution in [0.1, 0.15) is 5.56 Å². The van der Waals surface area contributed by atoms with Crippen molar-refractivity contribution in [2.75, 3.05) is 11.9 Å². The molecule has 148 valence electrons. The van der Waals surface area contributed by atoms with Crippen molar-refractivity contribution < 1.29 is 22.4 Å². The third-order valence-corrected chi connectivity index (χ3v) is 4.62. The summed E-state index contributed by atoms with van der Waals surface area (Å²) in [5.41, 5.74) is -0.537. The molecule has 0 aliphatic heterocycles. The molecule has 0 saturated carbocycles. The maximum atomic E-state index is 12.9. The first-order chi connectivity index (χ1) is 13.8. The van der Waals surface area contributed by atoms with Crippen molar-refractivity contribution in [2.24, 2.45) is 0 Å². The summed E-state index contributed by atoms with van der Waals surface area (Å²) in [6.07, 6.45) is -3.20. The maximum Gasteiger partial charge on any atom is 0.416 e. The fraction of sp³-hybridized carbons (Fsp3) is 0.150. The molecule has 0 radical (unpaired) electrons. The van der Waals surface area contributed by atoms with Gasteiger partial charge in [-0.25, -0.2) is 4.79 Å². The molecule has 0 aliphatic rings. The molecule has 6 nitrogen and oxygen atoms in total. The zero-order chi connectivity index (χ0) is 20.8. The van der Waals surface area contributed by atoms with Crippen molar-refractivity contribution in [2.45, 2.75) is 12.7 Å². The monoisotopic (exact) mass is 401 g/mol. The number of aromatic nitrogens is 2. The zero-order valence-electron chi connectivity index (χ0n) is 15.1. The van der Waals surface area contributed by atoms with Gasteiger partial charge in [-0.15, -0.1) is 0 Å². The molecule has 2 aromatic carbocycles. The number of anilines is 1. The molecule has 2 heterocycles. The molecule has 0 aliphatic carbocycles. The van der Waals surface area contributed by atoms with Crippen molar-refractivity contribution in [3.05, 3.63) is 70.7 Å². The van der Waals surface area contributed by atoms with E-state index in [4.69, 9.17) is 4.42 Å². The highest BCUT2D eigenvalue weighted by Gasteiger charge is 2.31. The highest BCUT2D eigenvalue weighted by molar-refractivity contribution is 6.03. The normalized spacial score (nSPS) is 11.9. The topological polar surface area (TPSA) is 68.3 Å². The molecule has 0 fully saturated rings. The minimum atomic E-state index is -4.51. The summed E-state index contributed by atoms with van der Waals surface area (Å²) in [6.45, 7) is -0.260. The Bertz CT molecular complexity index is 1290. The molecular weight excluding hydrogens is 387 g/mol. The van der Waals surface area contributed by atoms with E-state index in [1.54, 1.807) is 24.3 Å². The molecule has 4 aromatic rings. The third kappa shape index (κ3) is 3.35. The minimum Gasteiger partial charge on any atom is -0.422 e. The lowest BCUT2D eigenvalue weighted by atomic mass is 10.2. The predicted octanol–water partition coefficient (Wildman–Crippen LogP) is 3.82. The van der Waals surface area contributed by atoms with Crippen LogP contribution >= 0.6 is 0 Å². The van der Waals surface area contributed by atoms with Crippen molar-refractivity contribution in [3.8, 4) is 0 Å². The van der Waals surface area contributed by atoms with E-state index in [-0.39, 0.29) is 17.6 Å². The summed E-state index contributed by atoms with van der Waals surface area (Å²) in [5, 5.41) is 4.93. The fourth-order valence-corrected chi connectivity index (χ4v) is 3.11. The standard InChI is InChI=1S/C20H14F3N3O3/c1-25(13-6-4-5-12(9-13)20(21,22)23)17(27)11-26-18-14-7-2-3-8-16(14)29-19(28)15(18)10-24-26/h2-10H,11H2,1H3. The van der Waals surface area contributed by atoms with E-state index in [2.05, 4.69) is 5.10 Å². The Hall–Kier alpha value is -3.62. The number of hydrogen-bond donors (Lipinski definition) is 0. The number of nitrogens with zero attached hydrogens (tertiary/aromatic N) is 3. The number of benzene rings is 2. The second kappa shape index (κ2) is 6.77. The number of para-hydroxylation sites is 1. The van der Waals surface area contributed by atoms with Gasteiger partial charge < -0.3 is 9.32 Å². The van der Waals surface area contributed by atoms with Crippen LogP contribution in [-0.4, -0.2) is 22.7 Å². The maximum absolute atomic E-state index is 12.9. The van der Waals surface area contributed by atoms with Crippen molar-refractivity contribution in [1.29, 1.82) is 0 Å². The Kier molecular flexibility index (Phi) is 4.37. The van der Waals surface area contributed by atoms with Crippen LogP contribution in [0.2, 0.25) is 0 Å². The Morgan fingerprint density at radius 2 is 1.90 bits per heavy atom. The number of hydrogen-bond acceptors (Lipinski definition) is 4. The van der Waals surface area contributed by atoms with E-state index in [9.17, 15) is 22.8 Å². The molecule has 9 heteroatoms. The van der Waals surface area contributed by atoms with Gasteiger partial charge in [0.05, 0.1) is 17.3 Å². The minimum absolute atomic E-state index is 0.102. The third-order valence-electron chi connectivity index (χ3n) is 4.62. The van der Waals surface area contributed by atoms with Gasteiger partial charge in [0.1, 0.15) is 17.5 Å². The van der Waals surface area contributed by atoms with Gasteiger partial charge in [0.2, 0.25) is 5.91 Å². The van der Waals surface area contributed by atoms with E-state index in [1.807, 2.05) is 0 Å². The lowest BCUT2D eigenvalue weighted by molar-refractivity contribution is -0.137. The number of halogens is 3. The second-order valence-corrected chi connectivity index (χ2v) is 6.45. The summed E-state index contributed by atoms with van der Waals surface area (Å²) >= 11 is 0. The number of carbonyl (C=O) groups is 1. The largest absolute Gasteiger partial charge is 0.422 e. The Morgan fingerprint density at radius 3 is 2.66 bits per heavy atom. The van der Waals surface area contributed by atoms with Crippen molar-refractivity contribution in [3.63, 3.8) is 0 Å². The number of fused-ring (bicyclic) bond motifs is 3. The summed E-state index contributed by atoms with van der Waals surface area (Å²) < 4.78 is 45.4. The van der Waals surface area contributed by atoms with Gasteiger partial charge in [-0.3, -0.25) is 9.48 Å². The molecule has 4 rings (SSSR count). The molecular formula is C20H14F3N3O3. The highest BCUT2D eigenvalue weighted by Crippen LogP contribution is 2.31. The van der Waals surface area contributed by atoms with Crippen LogP contribution in [0, 0.1) is 0 Å². The van der Waals surface area contributed by atoms with Gasteiger partial charge in [-0.05, 0) is 30.3 Å². The number of rotatable bonds is 3. The molecule has 0 atom stereocenters. The summed E-state index contributed by atoms with van der Waals surface area (Å²) in [6, 6.07) is 11.3. The van der Waals surface area contributed by atoms with Gasteiger partial charge in [-0.1, -0.05) is 18.2 Å². The fourth-order valence-electron chi connectivity index (χ4n) is 3.11. The Balaban J connectivity index is 1.70. The van der Waals surface area contributed by atoms with E-state index < -0.39 is 23.3 Å². The number of alkyl halides is 3. The molecule has 0 spiro atoms. The van der Waals surface area contributed by atoms with Crippen LogP contribution in [0.5, 0.6) is 0 Å². The summed E-state index contributed by atoms with van der Waals surface area (Å²) in [4.78, 5) is 26.0. The first-order valence-corrected chi connectivity index (χ1v) is 8.57. The van der Waals surface area contributed by atoms with E-state index >= 15 is 0 Å². The molecule has 2 aromatic heterocycles. The second-order valence-electron chi connectivity index (χ2n) is 6.45. The van der Waals surface area contributed by atoms with Gasteiger partial charge in [0, 0.05) is 18.1 Å². The molecule has 0 unspecified atom stereocenters. The van der Waals surface area contributed by atoms with Crippen LogP contribution in [0.25, 0.3) is 21.9 Å². The molecule has 1 amide bonds. The van der Waals surface area contributed by atoms with E-state index in [1.165, 1.54) is 30.1 Å². The summed E-state index contributed by atoms with van der Waals surface area (Å²) in [5.74, 6) is -0.494. The zero-order valence-corrected chi connectivity index (χ0v) is 15.1. The van der Waals surface area contributed by atoms with Crippen LogP contribution in [0.4, 0.5) is 18.9 Å². The smallest absolute Gasteiger partial charge is 0.416 e. The van der Waals surface area contributed by atoms with Crippen LogP contribution in [0.15, 0.2) is 63.9 Å². The lowest BCUT2D eigenvalue weighted by Gasteiger charge is -2.19. The van der Waals surface area contributed by atoms with Gasteiger partial charge in [0.15, 0.2) is 0 Å². The summed E-state index contributed by atoms with van der Waals surface area (Å²) in [7, 11) is 1.38. The molecule has 29 heavy (non-hydrogen) atoms. The first kappa shape index (κ1) is 18.7. The highest BCUT2D eigenvalue weighted by atomic mass is 19.4. The van der Waals surface area contributed by atoms with Gasteiger partial charge >= 0.3 is 11.8 Å². The van der Waals surface area contributed by atoms with Crippen molar-refractivity contribution in [1.82, 2.24) is 9.78 Å². The SMILES string of the molecule is CN(C(=O)Cn1ncc2c(=O)oc3ccccc3c21)c1cccc(C(F)(F)F)c1. The first-order valence-electron chi connectivity index (χ1n) is 8.57. The molecule has 0 bridgehead atoms. The van der Waals surface area contributed by atoms with E-state index in [0.717, 1.165) is 17.0 Å². The molecule has 0 N–H and O–H groups in total. The molecule has 0 saturated heterocycles. The van der Waals surface area contributed by atoms with Crippen LogP contribution < -0.4 is 10.5 Å². The lowest BCUT2D eigenvalue weighted by Crippen LogP contribution is -2.30. The number of amides is 1. The van der Waals surface area contributed by atoms with Gasteiger partial charge in [0.25, 0.3) is 0 Å². The van der Waals surface area contributed by atoms with Crippen molar-refractivity contribution >= 4 is 33.5 Å². The van der Waals surface area contributed by atoms with Crippen LogP contribution in [-0.2, 0) is 17.5 Å². The number of carbonyl (C=O) groups excluding carboxylic acids is 1. The average Bonchev–Trinajstić information content (AvgIpc) is 3.11. The van der Waals surface area contributed by atoms with E-state index in [0.29, 0.717) is 16.5 Å². The van der Waals surface area contributed by atoms with Gasteiger partial charge in [-0.2, -0.15) is 18.3 Å². The Morgan fingerprint density at radius 1 is 1.14 bits per heavy atom. The Labute approximate surface area is 161 Å². The number of likely N-dealkylation sites (N-methyl/N-ethyl adjacent to an activating group) is 1. The van der Waals surface area contributed by atoms with Crippen LogP contribution in [0.3, 0.4) is 0 Å².